The van der Waals surface area contributed by atoms with Gasteiger partial charge in [-0.15, -0.1) is 0 Å². The first-order chi connectivity index (χ1) is 8.90. The quantitative estimate of drug-likeness (QED) is 0.477. The van der Waals surface area contributed by atoms with Crippen LogP contribution in [0.1, 0.15) is 18.9 Å². The number of rotatable bonds is 5. The maximum Gasteiger partial charge on any atom is 0.313 e. The summed E-state index contributed by atoms with van der Waals surface area (Å²) >= 11 is 1.81. The van der Waals surface area contributed by atoms with Crippen molar-refractivity contribution in [3.8, 4) is 11.8 Å². The van der Waals surface area contributed by atoms with Crippen LogP contribution >= 0.6 is 22.6 Å². The molecule has 0 aliphatic heterocycles. The monoisotopic (exact) mass is 375 g/mol. The Bertz CT molecular complexity index is 568. The zero-order valence-electron chi connectivity index (χ0n) is 9.92. The van der Waals surface area contributed by atoms with Gasteiger partial charge < -0.3 is 10.5 Å². The lowest BCUT2D eigenvalue weighted by Gasteiger charge is -2.15. The van der Waals surface area contributed by atoms with Crippen LogP contribution in [-0.2, 0) is 4.79 Å². The largest absolute Gasteiger partial charge is 0.473 e. The average Bonchev–Trinajstić information content (AvgIpc) is 2.35. The Labute approximate surface area is 122 Å². The Morgan fingerprint density at radius 3 is 2.74 bits per heavy atom. The van der Waals surface area contributed by atoms with Gasteiger partial charge in [0.15, 0.2) is 6.10 Å². The summed E-state index contributed by atoms with van der Waals surface area (Å²) in [6.45, 7) is 1.68. The molecule has 0 heterocycles. The predicted octanol–water partition coefficient (Wildman–Crippen LogP) is 1.71. The fourth-order valence-corrected chi connectivity index (χ4v) is 2.12. The number of hydrogen-bond acceptors (Lipinski definition) is 5. The minimum atomic E-state index is -0.944. The van der Waals surface area contributed by atoms with Crippen molar-refractivity contribution in [3.63, 3.8) is 0 Å². The van der Waals surface area contributed by atoms with Crippen LogP contribution in [0.4, 0.5) is 5.69 Å². The van der Waals surface area contributed by atoms with Crippen molar-refractivity contribution >= 4 is 34.2 Å². The number of hydrogen-bond donors (Lipinski definition) is 1. The van der Waals surface area contributed by atoms with E-state index >= 15 is 0 Å². The van der Waals surface area contributed by atoms with E-state index < -0.39 is 16.9 Å². The van der Waals surface area contributed by atoms with Crippen LogP contribution in [0.3, 0.4) is 0 Å². The molecule has 0 spiro atoms. The molecule has 1 aromatic rings. The Kier molecular flexibility index (Phi) is 5.05. The number of nitro benzene ring substituents is 1. The van der Waals surface area contributed by atoms with E-state index in [-0.39, 0.29) is 17.0 Å². The molecule has 1 atom stereocenters. The molecular weight excluding hydrogens is 365 g/mol. The molecule has 7 nitrogen and oxygen atoms in total. The molecule has 19 heavy (non-hydrogen) atoms. The lowest BCUT2D eigenvalue weighted by molar-refractivity contribution is -0.386. The molecule has 8 heteroatoms. The van der Waals surface area contributed by atoms with Crippen LogP contribution in [0.2, 0.25) is 0 Å². The van der Waals surface area contributed by atoms with Gasteiger partial charge in [-0.3, -0.25) is 14.9 Å². The van der Waals surface area contributed by atoms with Gasteiger partial charge in [0.1, 0.15) is 0 Å². The highest BCUT2D eigenvalue weighted by molar-refractivity contribution is 14.1. The molecule has 100 valence electrons. The van der Waals surface area contributed by atoms with Gasteiger partial charge in [0.2, 0.25) is 5.75 Å². The number of primary amides is 1. The van der Waals surface area contributed by atoms with Crippen molar-refractivity contribution < 1.29 is 14.5 Å². The SMILES string of the molecule is CCC(Oc1c(I)cc(C#N)cc1[N+](=O)[O-])C(N)=O. The molecule has 0 saturated carbocycles. The summed E-state index contributed by atoms with van der Waals surface area (Å²) < 4.78 is 5.69. The zero-order chi connectivity index (χ0) is 14.6. The maximum absolute atomic E-state index is 11.1. The number of nitrogens with two attached hydrogens (primary N) is 1. The normalized spacial score (nSPS) is 11.4. The van der Waals surface area contributed by atoms with Gasteiger partial charge in [-0.05, 0) is 35.1 Å². The molecule has 1 rings (SSSR count). The van der Waals surface area contributed by atoms with Crippen molar-refractivity contribution in [1.82, 2.24) is 0 Å². The second-order valence-electron chi connectivity index (χ2n) is 3.59. The highest BCUT2D eigenvalue weighted by Gasteiger charge is 2.25. The number of nitrogens with zero attached hydrogens (tertiary/aromatic N) is 2. The Morgan fingerprint density at radius 1 is 1.68 bits per heavy atom. The number of amides is 1. The van der Waals surface area contributed by atoms with Gasteiger partial charge in [0.05, 0.1) is 20.1 Å². The number of nitriles is 1. The average molecular weight is 375 g/mol. The van der Waals surface area contributed by atoms with E-state index in [1.165, 1.54) is 6.07 Å². The number of halogens is 1. The molecule has 1 unspecified atom stereocenters. The second-order valence-corrected chi connectivity index (χ2v) is 4.75. The summed E-state index contributed by atoms with van der Waals surface area (Å²) in [5.74, 6) is -0.743. The molecule has 0 aliphatic rings. The topological polar surface area (TPSA) is 119 Å². The minimum absolute atomic E-state index is 0.0461. The van der Waals surface area contributed by atoms with E-state index in [4.69, 9.17) is 15.7 Å². The molecule has 0 saturated heterocycles. The number of ether oxygens (including phenoxy) is 1. The summed E-state index contributed by atoms with van der Waals surface area (Å²) in [6, 6.07) is 4.37. The molecule has 2 N–H and O–H groups in total. The van der Waals surface area contributed by atoms with E-state index in [9.17, 15) is 14.9 Å². The van der Waals surface area contributed by atoms with E-state index in [0.717, 1.165) is 6.07 Å². The number of carbonyl (C=O) groups is 1. The van der Waals surface area contributed by atoms with Crippen LogP contribution in [0.25, 0.3) is 0 Å². The lowest BCUT2D eigenvalue weighted by atomic mass is 10.2. The third-order valence-electron chi connectivity index (χ3n) is 2.30. The van der Waals surface area contributed by atoms with Gasteiger partial charge in [0, 0.05) is 6.07 Å². The van der Waals surface area contributed by atoms with Crippen molar-refractivity contribution in [2.24, 2.45) is 5.73 Å². The van der Waals surface area contributed by atoms with E-state index in [1.807, 2.05) is 28.7 Å². The van der Waals surface area contributed by atoms with Gasteiger partial charge in [-0.1, -0.05) is 6.92 Å². The van der Waals surface area contributed by atoms with Gasteiger partial charge >= 0.3 is 5.69 Å². The zero-order valence-corrected chi connectivity index (χ0v) is 12.1. The Hall–Kier alpha value is -1.89. The summed E-state index contributed by atoms with van der Waals surface area (Å²) in [7, 11) is 0. The van der Waals surface area contributed by atoms with E-state index in [1.54, 1.807) is 6.92 Å². The molecular formula is C11H10IN3O4. The van der Waals surface area contributed by atoms with E-state index in [0.29, 0.717) is 9.99 Å². The molecule has 0 aliphatic carbocycles. The van der Waals surface area contributed by atoms with Crippen LogP contribution in [0, 0.1) is 25.0 Å². The lowest BCUT2D eigenvalue weighted by Crippen LogP contribution is -2.33. The highest BCUT2D eigenvalue weighted by Crippen LogP contribution is 2.34. The Balaban J connectivity index is 3.30. The maximum atomic E-state index is 11.1. The third-order valence-corrected chi connectivity index (χ3v) is 3.10. The summed E-state index contributed by atoms with van der Waals surface area (Å²) in [4.78, 5) is 21.4. The van der Waals surface area contributed by atoms with Crippen LogP contribution in [0.5, 0.6) is 5.75 Å². The van der Waals surface area contributed by atoms with Crippen molar-refractivity contribution in [1.29, 1.82) is 5.26 Å². The summed E-state index contributed by atoms with van der Waals surface area (Å²) in [5, 5.41) is 19.8. The first-order valence-corrected chi connectivity index (χ1v) is 6.32. The second kappa shape index (κ2) is 6.33. The number of carbonyl (C=O) groups excluding carboxylic acids is 1. The predicted molar refractivity (Wildman–Crippen MR) is 74.4 cm³/mol. The third kappa shape index (κ3) is 3.54. The molecule has 0 bridgehead atoms. The van der Waals surface area contributed by atoms with Crippen LogP contribution in [0.15, 0.2) is 12.1 Å². The first kappa shape index (κ1) is 15.2. The fourth-order valence-electron chi connectivity index (χ4n) is 1.38. The number of nitro groups is 1. The van der Waals surface area contributed by atoms with Crippen molar-refractivity contribution in [2.75, 3.05) is 0 Å². The summed E-state index contributed by atoms with van der Waals surface area (Å²) in [5.41, 5.74) is 4.93. The molecule has 0 radical (unpaired) electrons. The fraction of sp³-hybridized carbons (Fsp3) is 0.273. The van der Waals surface area contributed by atoms with Crippen molar-refractivity contribution in [2.45, 2.75) is 19.4 Å². The molecule has 1 aromatic carbocycles. The van der Waals surface area contributed by atoms with Crippen molar-refractivity contribution in [3.05, 3.63) is 31.4 Å². The van der Waals surface area contributed by atoms with Crippen LogP contribution in [-0.4, -0.2) is 16.9 Å². The first-order valence-electron chi connectivity index (χ1n) is 5.24. The van der Waals surface area contributed by atoms with E-state index in [2.05, 4.69) is 0 Å². The van der Waals surface area contributed by atoms with Crippen LogP contribution < -0.4 is 10.5 Å². The molecule has 0 aromatic heterocycles. The van der Waals surface area contributed by atoms with Gasteiger partial charge in [-0.2, -0.15) is 5.26 Å². The molecule has 0 fully saturated rings. The van der Waals surface area contributed by atoms with Gasteiger partial charge in [0.25, 0.3) is 5.91 Å². The minimum Gasteiger partial charge on any atom is -0.473 e. The Morgan fingerprint density at radius 2 is 2.32 bits per heavy atom. The summed E-state index contributed by atoms with van der Waals surface area (Å²) in [6.07, 6.45) is -0.650. The smallest absolute Gasteiger partial charge is 0.313 e. The van der Waals surface area contributed by atoms with Gasteiger partial charge in [-0.25, -0.2) is 0 Å². The standard InChI is InChI=1S/C11H10IN3O4/c1-2-9(11(14)16)19-10-7(12)3-6(5-13)4-8(10)15(17)18/h3-4,9H,2H2,1H3,(H2,14,16). The molecule has 1 amide bonds. The number of benzene rings is 1. The highest BCUT2D eigenvalue weighted by atomic mass is 127.